The summed E-state index contributed by atoms with van der Waals surface area (Å²) in [4.78, 5) is 13.0. The molecule has 0 heterocycles. The lowest BCUT2D eigenvalue weighted by atomic mass is 9.93. The molecule has 1 unspecified atom stereocenters. The van der Waals surface area contributed by atoms with Gasteiger partial charge in [-0.25, -0.2) is 5.43 Å². The summed E-state index contributed by atoms with van der Waals surface area (Å²) in [5, 5.41) is 14.0. The maximum Gasteiger partial charge on any atom is 0.282 e. The average Bonchev–Trinajstić information content (AvgIpc) is 3.28. The standard InChI is InChI=1S/C28H25N3O4/c1-33-25-14-13-19(26(34-2)27(25)35-3)17-30-31-28(32)24(16-29)23-15-22(18-9-5-4-6-10-18)20-11-7-8-12-21(20)23/h4-14,17,22H,15H2,1-3H3,(H,31,32)/b24-23+,30-17+. The molecule has 1 atom stereocenters. The number of allylic oxidation sites excluding steroid dienone is 1. The number of hydrazone groups is 1. The third kappa shape index (κ3) is 4.59. The molecule has 3 aromatic carbocycles. The van der Waals surface area contributed by atoms with Crippen LogP contribution in [0.2, 0.25) is 0 Å². The number of amides is 1. The van der Waals surface area contributed by atoms with Gasteiger partial charge < -0.3 is 14.2 Å². The van der Waals surface area contributed by atoms with E-state index in [1.54, 1.807) is 12.1 Å². The van der Waals surface area contributed by atoms with Crippen molar-refractivity contribution in [2.75, 3.05) is 21.3 Å². The molecule has 0 spiro atoms. The molecule has 0 aromatic heterocycles. The van der Waals surface area contributed by atoms with E-state index in [2.05, 4.69) is 28.7 Å². The summed E-state index contributed by atoms with van der Waals surface area (Å²) in [5.41, 5.74) is 6.99. The first kappa shape index (κ1) is 23.6. The monoisotopic (exact) mass is 467 g/mol. The molecule has 1 aliphatic carbocycles. The van der Waals surface area contributed by atoms with E-state index in [1.165, 1.54) is 27.5 Å². The fourth-order valence-corrected chi connectivity index (χ4v) is 4.42. The van der Waals surface area contributed by atoms with Crippen LogP contribution in [0.25, 0.3) is 5.57 Å². The number of nitrogens with one attached hydrogen (secondary N) is 1. The zero-order valence-corrected chi connectivity index (χ0v) is 19.7. The van der Waals surface area contributed by atoms with Crippen LogP contribution in [0.4, 0.5) is 0 Å². The van der Waals surface area contributed by atoms with Crippen LogP contribution in [-0.4, -0.2) is 33.5 Å². The van der Waals surface area contributed by atoms with Crippen LogP contribution in [0.5, 0.6) is 17.2 Å². The third-order valence-electron chi connectivity index (χ3n) is 6.02. The van der Waals surface area contributed by atoms with Crippen molar-refractivity contribution in [2.45, 2.75) is 12.3 Å². The van der Waals surface area contributed by atoms with Crippen molar-refractivity contribution >= 4 is 17.7 Å². The van der Waals surface area contributed by atoms with Gasteiger partial charge in [0.05, 0.1) is 27.5 Å². The van der Waals surface area contributed by atoms with Gasteiger partial charge >= 0.3 is 0 Å². The number of rotatable bonds is 7. The number of methoxy groups -OCH3 is 3. The molecule has 0 fully saturated rings. The van der Waals surface area contributed by atoms with Crippen LogP contribution in [0.1, 0.15) is 34.6 Å². The zero-order valence-electron chi connectivity index (χ0n) is 19.7. The molecule has 176 valence electrons. The van der Waals surface area contributed by atoms with Gasteiger partial charge in [0.2, 0.25) is 5.75 Å². The second-order valence-corrected chi connectivity index (χ2v) is 7.84. The number of hydrogen-bond acceptors (Lipinski definition) is 6. The zero-order chi connectivity index (χ0) is 24.8. The Kier molecular flexibility index (Phi) is 7.12. The second kappa shape index (κ2) is 10.6. The number of benzene rings is 3. The van der Waals surface area contributed by atoms with E-state index in [-0.39, 0.29) is 11.5 Å². The van der Waals surface area contributed by atoms with Gasteiger partial charge in [-0.15, -0.1) is 0 Å². The molecule has 0 saturated carbocycles. The number of nitrogens with zero attached hydrogens (tertiary/aromatic N) is 2. The maximum absolute atomic E-state index is 13.0. The number of ether oxygens (including phenoxy) is 3. The largest absolute Gasteiger partial charge is 0.493 e. The van der Waals surface area contributed by atoms with E-state index in [1.807, 2.05) is 42.5 Å². The Hall–Kier alpha value is -4.57. The maximum atomic E-state index is 13.0. The Morgan fingerprint density at radius 3 is 2.37 bits per heavy atom. The Morgan fingerprint density at radius 1 is 0.971 bits per heavy atom. The molecule has 7 heteroatoms. The first-order valence-corrected chi connectivity index (χ1v) is 11.0. The molecule has 0 radical (unpaired) electrons. The van der Waals surface area contributed by atoms with Gasteiger partial charge in [0, 0.05) is 11.5 Å². The van der Waals surface area contributed by atoms with Gasteiger partial charge in [-0.05, 0) is 40.8 Å². The molecule has 7 nitrogen and oxygen atoms in total. The van der Waals surface area contributed by atoms with Crippen LogP contribution in [0, 0.1) is 11.3 Å². The van der Waals surface area contributed by atoms with Crippen molar-refractivity contribution in [2.24, 2.45) is 5.10 Å². The number of hydrogen-bond donors (Lipinski definition) is 1. The van der Waals surface area contributed by atoms with E-state index < -0.39 is 5.91 Å². The van der Waals surface area contributed by atoms with Gasteiger partial charge in [0.15, 0.2) is 11.5 Å². The van der Waals surface area contributed by atoms with Crippen molar-refractivity contribution in [3.8, 4) is 23.3 Å². The van der Waals surface area contributed by atoms with Gasteiger partial charge in [-0.3, -0.25) is 4.79 Å². The van der Waals surface area contributed by atoms with E-state index in [4.69, 9.17) is 14.2 Å². The van der Waals surface area contributed by atoms with Crippen molar-refractivity contribution in [3.05, 3.63) is 94.6 Å². The molecular formula is C28H25N3O4. The molecule has 0 saturated heterocycles. The van der Waals surface area contributed by atoms with Crippen LogP contribution >= 0.6 is 0 Å². The normalized spacial score (nSPS) is 15.8. The molecule has 1 aliphatic rings. The summed E-state index contributed by atoms with van der Waals surface area (Å²) >= 11 is 0. The highest BCUT2D eigenvalue weighted by molar-refractivity contribution is 6.06. The van der Waals surface area contributed by atoms with E-state index in [0.29, 0.717) is 34.8 Å². The molecule has 1 N–H and O–H groups in total. The molecule has 1 amide bonds. The van der Waals surface area contributed by atoms with Gasteiger partial charge in [-0.2, -0.15) is 10.4 Å². The minimum absolute atomic E-state index is 0.0484. The topological polar surface area (TPSA) is 92.9 Å². The first-order chi connectivity index (χ1) is 17.1. The highest BCUT2D eigenvalue weighted by Gasteiger charge is 2.31. The molecule has 35 heavy (non-hydrogen) atoms. The lowest BCUT2D eigenvalue weighted by molar-refractivity contribution is -0.117. The summed E-state index contributed by atoms with van der Waals surface area (Å²) in [6, 6.07) is 23.5. The van der Waals surface area contributed by atoms with Crippen LogP contribution in [0.15, 0.2) is 77.4 Å². The van der Waals surface area contributed by atoms with Crippen molar-refractivity contribution < 1.29 is 19.0 Å². The predicted octanol–water partition coefficient (Wildman–Crippen LogP) is 4.68. The second-order valence-electron chi connectivity index (χ2n) is 7.84. The fraction of sp³-hybridized carbons (Fsp3) is 0.179. The Balaban J connectivity index is 1.62. The molecule has 0 bridgehead atoms. The minimum Gasteiger partial charge on any atom is -0.493 e. The molecular weight excluding hydrogens is 442 g/mol. The van der Waals surface area contributed by atoms with Crippen LogP contribution < -0.4 is 19.6 Å². The van der Waals surface area contributed by atoms with Crippen LogP contribution in [-0.2, 0) is 4.79 Å². The highest BCUT2D eigenvalue weighted by Crippen LogP contribution is 2.46. The fourth-order valence-electron chi connectivity index (χ4n) is 4.42. The van der Waals surface area contributed by atoms with E-state index >= 15 is 0 Å². The summed E-state index contributed by atoms with van der Waals surface area (Å²) in [7, 11) is 4.55. The summed E-state index contributed by atoms with van der Waals surface area (Å²) in [6.45, 7) is 0. The quantitative estimate of drug-likeness (QED) is 0.236. The number of nitriles is 1. The van der Waals surface area contributed by atoms with Crippen molar-refractivity contribution in [1.82, 2.24) is 5.43 Å². The van der Waals surface area contributed by atoms with Crippen LogP contribution in [0.3, 0.4) is 0 Å². The molecule has 3 aromatic rings. The summed E-state index contributed by atoms with van der Waals surface area (Å²) in [5.74, 6) is 0.855. The number of fused-ring (bicyclic) bond motifs is 1. The van der Waals surface area contributed by atoms with E-state index in [9.17, 15) is 10.1 Å². The first-order valence-electron chi connectivity index (χ1n) is 11.0. The average molecular weight is 468 g/mol. The highest BCUT2D eigenvalue weighted by atomic mass is 16.5. The Bertz CT molecular complexity index is 1340. The Labute approximate surface area is 204 Å². The summed E-state index contributed by atoms with van der Waals surface area (Å²) < 4.78 is 16.1. The summed E-state index contributed by atoms with van der Waals surface area (Å²) in [6.07, 6.45) is 2.00. The van der Waals surface area contributed by atoms with Gasteiger partial charge in [0.25, 0.3) is 5.91 Å². The predicted molar refractivity (Wildman–Crippen MR) is 134 cm³/mol. The van der Waals surface area contributed by atoms with Gasteiger partial charge in [-0.1, -0.05) is 54.6 Å². The lowest BCUT2D eigenvalue weighted by Gasteiger charge is -2.13. The Morgan fingerprint density at radius 2 is 1.69 bits per heavy atom. The lowest BCUT2D eigenvalue weighted by Crippen LogP contribution is -2.20. The number of carbonyl (C=O) groups is 1. The minimum atomic E-state index is -0.568. The van der Waals surface area contributed by atoms with Gasteiger partial charge in [0.1, 0.15) is 11.6 Å². The molecule has 0 aliphatic heterocycles. The third-order valence-corrected chi connectivity index (χ3v) is 6.02. The van der Waals surface area contributed by atoms with Crippen molar-refractivity contribution in [3.63, 3.8) is 0 Å². The SMILES string of the molecule is COc1ccc(/C=N/NC(=O)/C(C#N)=C2\CC(c3ccccc3)c3ccccc32)c(OC)c1OC. The molecule has 4 rings (SSSR count). The number of carbonyl (C=O) groups excluding carboxylic acids is 1. The van der Waals surface area contributed by atoms with E-state index in [0.717, 1.165) is 16.7 Å². The smallest absolute Gasteiger partial charge is 0.282 e. The van der Waals surface area contributed by atoms with Crippen molar-refractivity contribution in [1.29, 1.82) is 5.26 Å².